The number of hydrogen-bond donors (Lipinski definition) is 1. The minimum absolute atomic E-state index is 0.00262. The van der Waals surface area contributed by atoms with E-state index in [0.29, 0.717) is 18.4 Å². The third-order valence-corrected chi connectivity index (χ3v) is 6.83. The van der Waals surface area contributed by atoms with Crippen molar-refractivity contribution in [3.05, 3.63) is 88.7 Å². The summed E-state index contributed by atoms with van der Waals surface area (Å²) in [5, 5.41) is 0. The van der Waals surface area contributed by atoms with Crippen molar-refractivity contribution >= 4 is 21.5 Å². The van der Waals surface area contributed by atoms with Gasteiger partial charge in [-0.25, -0.2) is 12.8 Å². The molecular weight excluding hydrogens is 461 g/mol. The van der Waals surface area contributed by atoms with Crippen molar-refractivity contribution < 1.29 is 17.6 Å². The number of Topliss-reactive ketones (excluding diaryl/α,β-unsaturated/α-hetero) is 1. The van der Waals surface area contributed by atoms with Crippen LogP contribution in [0.5, 0.6) is 0 Å². The Morgan fingerprint density at radius 3 is 2.23 bits per heavy atom. The molecule has 1 unspecified atom stereocenters. The first-order valence-electron chi connectivity index (χ1n) is 11.7. The molecule has 1 atom stereocenters. The summed E-state index contributed by atoms with van der Waals surface area (Å²) in [7, 11) is -3.59. The van der Waals surface area contributed by atoms with E-state index in [1.807, 2.05) is 0 Å². The molecule has 0 saturated carbocycles. The maximum Gasteiger partial charge on any atom is 0.229 e. The lowest BCUT2D eigenvalue weighted by Gasteiger charge is -2.20. The Kier molecular flexibility index (Phi) is 7.85. The molecule has 0 aliphatic rings. The van der Waals surface area contributed by atoms with Gasteiger partial charge in [-0.1, -0.05) is 81.8 Å². The largest absolute Gasteiger partial charge is 0.299 e. The summed E-state index contributed by atoms with van der Waals surface area (Å²) in [5.74, 6) is -1.20. The third-order valence-electron chi connectivity index (χ3n) is 6.24. The van der Waals surface area contributed by atoms with Crippen LogP contribution in [0.4, 0.5) is 10.1 Å². The quantitative estimate of drug-likeness (QED) is 0.375. The first-order valence-corrected chi connectivity index (χ1v) is 13.6. The minimum atomic E-state index is -3.59. The van der Waals surface area contributed by atoms with Crippen LogP contribution in [-0.2, 0) is 26.7 Å². The molecule has 0 aromatic heterocycles. The Hall–Kier alpha value is -2.99. The minimum Gasteiger partial charge on any atom is -0.299 e. The molecule has 6 heteroatoms. The van der Waals surface area contributed by atoms with Crippen LogP contribution < -0.4 is 4.72 Å². The van der Waals surface area contributed by atoms with Gasteiger partial charge in [0.05, 0.1) is 11.9 Å². The Morgan fingerprint density at radius 1 is 1.00 bits per heavy atom. The van der Waals surface area contributed by atoms with Crippen molar-refractivity contribution in [3.63, 3.8) is 0 Å². The topological polar surface area (TPSA) is 63.2 Å². The van der Waals surface area contributed by atoms with Gasteiger partial charge in [-0.2, -0.15) is 0 Å². The lowest BCUT2D eigenvalue weighted by molar-refractivity contribution is -0.120. The van der Waals surface area contributed by atoms with E-state index >= 15 is 0 Å². The molecule has 35 heavy (non-hydrogen) atoms. The molecule has 186 valence electrons. The van der Waals surface area contributed by atoms with Crippen molar-refractivity contribution in [2.24, 2.45) is 0 Å². The number of carbonyl (C=O) groups is 1. The van der Waals surface area contributed by atoms with Gasteiger partial charge < -0.3 is 0 Å². The maximum absolute atomic E-state index is 14.4. The van der Waals surface area contributed by atoms with Gasteiger partial charge in [0.2, 0.25) is 10.0 Å². The van der Waals surface area contributed by atoms with Crippen molar-refractivity contribution in [2.75, 3.05) is 11.0 Å². The molecule has 1 N–H and O–H groups in total. The normalized spacial score (nSPS) is 12.9. The van der Waals surface area contributed by atoms with Crippen LogP contribution in [0.25, 0.3) is 11.1 Å². The number of halogens is 1. The molecule has 0 fully saturated rings. The maximum atomic E-state index is 14.4. The fraction of sp³-hybridized carbons (Fsp3) is 0.345. The second kappa shape index (κ2) is 10.3. The fourth-order valence-corrected chi connectivity index (χ4v) is 4.64. The second-order valence-electron chi connectivity index (χ2n) is 10.3. The van der Waals surface area contributed by atoms with E-state index in [4.69, 9.17) is 0 Å². The smallest absolute Gasteiger partial charge is 0.229 e. The standard InChI is InChI=1S/C29H34FNO3S/c1-19-7-8-21(25(17-19)22-9-13-24(14-10-22)29(3,4)5)12-16-28(32)20(2)23-11-15-27(26(30)18-23)31-35(6,33)34/h7-11,13-15,17-18,20,31H,12,16H2,1-6H3. The molecule has 0 spiro atoms. The van der Waals surface area contributed by atoms with Gasteiger partial charge in [0, 0.05) is 12.3 Å². The Bertz CT molecular complexity index is 1320. The highest BCUT2D eigenvalue weighted by Crippen LogP contribution is 2.30. The predicted octanol–water partition coefficient (Wildman–Crippen LogP) is 6.78. The molecule has 3 aromatic rings. The van der Waals surface area contributed by atoms with Gasteiger partial charge in [-0.3, -0.25) is 9.52 Å². The van der Waals surface area contributed by atoms with Crippen molar-refractivity contribution in [3.8, 4) is 11.1 Å². The van der Waals surface area contributed by atoms with Crippen LogP contribution in [0.1, 0.15) is 62.3 Å². The number of ketones is 1. The van der Waals surface area contributed by atoms with Gasteiger partial charge in [-0.05, 0) is 58.7 Å². The van der Waals surface area contributed by atoms with Crippen molar-refractivity contribution in [2.45, 2.75) is 58.8 Å². The zero-order valence-corrected chi connectivity index (χ0v) is 22.1. The van der Waals surface area contributed by atoms with Crippen molar-refractivity contribution in [1.29, 1.82) is 0 Å². The summed E-state index contributed by atoms with van der Waals surface area (Å²) in [5.41, 5.74) is 6.23. The van der Waals surface area contributed by atoms with Crippen LogP contribution in [0.3, 0.4) is 0 Å². The fourth-order valence-electron chi connectivity index (χ4n) is 4.07. The number of hydrogen-bond acceptors (Lipinski definition) is 3. The molecular formula is C29H34FNO3S. The summed E-state index contributed by atoms with van der Waals surface area (Å²) in [4.78, 5) is 13.0. The van der Waals surface area contributed by atoms with Gasteiger partial charge in [0.1, 0.15) is 11.6 Å². The predicted molar refractivity (Wildman–Crippen MR) is 142 cm³/mol. The molecule has 3 aromatic carbocycles. The van der Waals surface area contributed by atoms with E-state index < -0.39 is 21.8 Å². The molecule has 4 nitrogen and oxygen atoms in total. The lowest BCUT2D eigenvalue weighted by Crippen LogP contribution is -2.13. The molecule has 0 aliphatic heterocycles. The van der Waals surface area contributed by atoms with Crippen LogP contribution in [0, 0.1) is 12.7 Å². The van der Waals surface area contributed by atoms with Crippen LogP contribution in [-0.4, -0.2) is 20.5 Å². The lowest BCUT2D eigenvalue weighted by atomic mass is 9.85. The highest BCUT2D eigenvalue weighted by atomic mass is 32.2. The van der Waals surface area contributed by atoms with Crippen molar-refractivity contribution in [1.82, 2.24) is 0 Å². The number of sulfonamides is 1. The van der Waals surface area contributed by atoms with E-state index in [1.54, 1.807) is 13.0 Å². The second-order valence-corrected chi connectivity index (χ2v) is 12.0. The van der Waals surface area contributed by atoms with Gasteiger partial charge in [0.25, 0.3) is 0 Å². The van der Waals surface area contributed by atoms with Gasteiger partial charge in [0.15, 0.2) is 0 Å². The zero-order chi connectivity index (χ0) is 26.0. The number of rotatable bonds is 8. The van der Waals surface area contributed by atoms with Crippen LogP contribution >= 0.6 is 0 Å². The van der Waals surface area contributed by atoms with Crippen LogP contribution in [0.2, 0.25) is 0 Å². The summed E-state index contributed by atoms with van der Waals surface area (Å²) in [6.07, 6.45) is 1.86. The number of anilines is 1. The molecule has 0 bridgehead atoms. The highest BCUT2D eigenvalue weighted by Gasteiger charge is 2.19. The monoisotopic (exact) mass is 495 g/mol. The number of nitrogens with one attached hydrogen (secondary N) is 1. The van der Waals surface area contributed by atoms with E-state index in [1.165, 1.54) is 17.7 Å². The Labute approximate surface area is 208 Å². The Morgan fingerprint density at radius 2 is 1.66 bits per heavy atom. The van der Waals surface area contributed by atoms with Gasteiger partial charge in [-0.15, -0.1) is 0 Å². The van der Waals surface area contributed by atoms with Gasteiger partial charge >= 0.3 is 0 Å². The summed E-state index contributed by atoms with van der Waals surface area (Å²) in [6.45, 7) is 10.4. The van der Waals surface area contributed by atoms with E-state index in [2.05, 4.69) is 74.9 Å². The van der Waals surface area contributed by atoms with E-state index in [-0.39, 0.29) is 16.9 Å². The first kappa shape index (κ1) is 26.6. The first-order chi connectivity index (χ1) is 16.2. The molecule has 0 radical (unpaired) electrons. The summed E-state index contributed by atoms with van der Waals surface area (Å²) < 4.78 is 39.3. The van der Waals surface area contributed by atoms with Crippen LogP contribution in [0.15, 0.2) is 60.7 Å². The highest BCUT2D eigenvalue weighted by molar-refractivity contribution is 7.92. The van der Waals surface area contributed by atoms with E-state index in [0.717, 1.165) is 28.5 Å². The molecule has 0 heterocycles. The average molecular weight is 496 g/mol. The molecule has 0 saturated heterocycles. The molecule has 0 aliphatic carbocycles. The Balaban J connectivity index is 1.76. The van der Waals surface area contributed by atoms with E-state index in [9.17, 15) is 17.6 Å². The average Bonchev–Trinajstić information content (AvgIpc) is 2.77. The number of benzene rings is 3. The molecule has 0 amide bonds. The SMILES string of the molecule is Cc1ccc(CCC(=O)C(C)c2ccc(NS(C)(=O)=O)c(F)c2)c(-c2ccc(C(C)(C)C)cc2)c1. The summed E-state index contributed by atoms with van der Waals surface area (Å²) >= 11 is 0. The third kappa shape index (κ3) is 7.01. The summed E-state index contributed by atoms with van der Waals surface area (Å²) in [6, 6.07) is 19.0. The number of aryl methyl sites for hydroxylation is 2. The zero-order valence-electron chi connectivity index (χ0n) is 21.3. The number of carbonyl (C=O) groups excluding carboxylic acids is 1. The molecule has 3 rings (SSSR count).